The van der Waals surface area contributed by atoms with E-state index in [1.165, 1.54) is 0 Å². The van der Waals surface area contributed by atoms with E-state index >= 15 is 0 Å². The predicted molar refractivity (Wildman–Crippen MR) is 76.6 cm³/mol. The summed E-state index contributed by atoms with van der Waals surface area (Å²) in [5, 5.41) is 0. The van der Waals surface area contributed by atoms with Gasteiger partial charge in [0.2, 0.25) is 10.0 Å². The van der Waals surface area contributed by atoms with Gasteiger partial charge < -0.3 is 10.5 Å². The van der Waals surface area contributed by atoms with E-state index in [0.717, 1.165) is 13.1 Å². The minimum absolute atomic E-state index is 0.0683. The summed E-state index contributed by atoms with van der Waals surface area (Å²) in [7, 11) is -3.18. The quantitative estimate of drug-likeness (QED) is 0.653. The molecule has 19 heavy (non-hydrogen) atoms. The molecule has 2 N–H and O–H groups in total. The van der Waals surface area contributed by atoms with Crippen LogP contribution in [0.2, 0.25) is 0 Å². The maximum absolute atomic E-state index is 12.1. The number of hydrogen-bond donors (Lipinski definition) is 1. The van der Waals surface area contributed by atoms with Gasteiger partial charge in [0, 0.05) is 44.9 Å². The standard InChI is InChI=1S/C12H27N3O3S/c1-4-18-9-10-19(16,17)15-7-5-14(6-8-15)12(2,3)11-13/h4-11,13H2,1-3H3. The Morgan fingerprint density at radius 1 is 1.21 bits per heavy atom. The maximum atomic E-state index is 12.1. The van der Waals surface area contributed by atoms with Crippen molar-refractivity contribution < 1.29 is 13.2 Å². The van der Waals surface area contributed by atoms with Crippen LogP contribution < -0.4 is 5.73 Å². The Balaban J connectivity index is 2.49. The van der Waals surface area contributed by atoms with E-state index in [4.69, 9.17) is 10.5 Å². The van der Waals surface area contributed by atoms with Gasteiger partial charge in [-0.3, -0.25) is 4.90 Å². The number of ether oxygens (including phenoxy) is 1. The summed E-state index contributed by atoms with van der Waals surface area (Å²) in [6.45, 7) is 9.98. The lowest BCUT2D eigenvalue weighted by molar-refractivity contribution is 0.0844. The molecule has 0 aromatic heterocycles. The molecule has 0 unspecified atom stereocenters. The van der Waals surface area contributed by atoms with Crippen molar-refractivity contribution >= 4 is 10.0 Å². The van der Waals surface area contributed by atoms with Crippen molar-refractivity contribution in [3.8, 4) is 0 Å². The molecule has 7 heteroatoms. The van der Waals surface area contributed by atoms with Crippen molar-refractivity contribution in [1.29, 1.82) is 0 Å². The largest absolute Gasteiger partial charge is 0.381 e. The normalized spacial score (nSPS) is 19.8. The molecule has 1 aliphatic heterocycles. The van der Waals surface area contributed by atoms with Crippen molar-refractivity contribution in [2.24, 2.45) is 5.73 Å². The zero-order valence-corrected chi connectivity index (χ0v) is 13.1. The number of sulfonamides is 1. The highest BCUT2D eigenvalue weighted by Crippen LogP contribution is 2.17. The third-order valence-electron chi connectivity index (χ3n) is 3.68. The third-order valence-corrected chi connectivity index (χ3v) is 5.51. The van der Waals surface area contributed by atoms with Crippen LogP contribution in [0.1, 0.15) is 20.8 Å². The fourth-order valence-electron chi connectivity index (χ4n) is 2.14. The summed E-state index contributed by atoms with van der Waals surface area (Å²) in [4.78, 5) is 2.25. The molecule has 0 aliphatic carbocycles. The molecule has 1 rings (SSSR count). The molecule has 0 aromatic carbocycles. The second-order valence-corrected chi connectivity index (χ2v) is 7.50. The minimum Gasteiger partial charge on any atom is -0.381 e. The van der Waals surface area contributed by atoms with Gasteiger partial charge in [-0.1, -0.05) is 0 Å². The molecule has 0 bridgehead atoms. The highest BCUT2D eigenvalue weighted by Gasteiger charge is 2.32. The lowest BCUT2D eigenvalue weighted by Gasteiger charge is -2.43. The zero-order chi connectivity index (χ0) is 14.5. The van der Waals surface area contributed by atoms with Crippen LogP contribution in [0.25, 0.3) is 0 Å². The van der Waals surface area contributed by atoms with E-state index in [2.05, 4.69) is 18.7 Å². The summed E-state index contributed by atoms with van der Waals surface area (Å²) in [5.41, 5.74) is 5.68. The Hall–Kier alpha value is -0.210. The average Bonchev–Trinajstić information content (AvgIpc) is 2.39. The van der Waals surface area contributed by atoms with Crippen molar-refractivity contribution in [3.63, 3.8) is 0 Å². The van der Waals surface area contributed by atoms with Gasteiger partial charge in [-0.25, -0.2) is 8.42 Å². The van der Waals surface area contributed by atoms with Crippen LogP contribution in [0.4, 0.5) is 0 Å². The number of nitrogens with zero attached hydrogens (tertiary/aromatic N) is 2. The number of nitrogens with two attached hydrogens (primary N) is 1. The van der Waals surface area contributed by atoms with Crippen LogP contribution in [0.15, 0.2) is 0 Å². The smallest absolute Gasteiger partial charge is 0.216 e. The topological polar surface area (TPSA) is 75.9 Å². The Morgan fingerprint density at radius 2 is 1.79 bits per heavy atom. The minimum atomic E-state index is -3.18. The van der Waals surface area contributed by atoms with Crippen molar-refractivity contribution in [2.45, 2.75) is 26.3 Å². The molecular weight excluding hydrogens is 266 g/mol. The summed E-state index contributed by atoms with van der Waals surface area (Å²) in [6, 6.07) is 0. The molecule has 6 nitrogen and oxygen atoms in total. The first-order valence-electron chi connectivity index (χ1n) is 6.84. The van der Waals surface area contributed by atoms with Crippen molar-refractivity contribution in [2.75, 3.05) is 51.7 Å². The van der Waals surface area contributed by atoms with Crippen molar-refractivity contribution in [3.05, 3.63) is 0 Å². The molecule has 0 saturated carbocycles. The zero-order valence-electron chi connectivity index (χ0n) is 12.3. The molecule has 1 saturated heterocycles. The van der Waals surface area contributed by atoms with Gasteiger partial charge in [0.1, 0.15) is 0 Å². The van der Waals surface area contributed by atoms with E-state index in [0.29, 0.717) is 26.2 Å². The number of hydrogen-bond acceptors (Lipinski definition) is 5. The van der Waals surface area contributed by atoms with E-state index in [-0.39, 0.29) is 17.9 Å². The van der Waals surface area contributed by atoms with Gasteiger partial charge in [0.15, 0.2) is 0 Å². The first-order chi connectivity index (χ1) is 8.83. The monoisotopic (exact) mass is 293 g/mol. The highest BCUT2D eigenvalue weighted by atomic mass is 32.2. The van der Waals surface area contributed by atoms with Crippen LogP contribution >= 0.6 is 0 Å². The van der Waals surface area contributed by atoms with Gasteiger partial charge in [0.25, 0.3) is 0 Å². The summed E-state index contributed by atoms with van der Waals surface area (Å²) in [5.74, 6) is 0.0706. The van der Waals surface area contributed by atoms with E-state index < -0.39 is 10.0 Å². The summed E-state index contributed by atoms with van der Waals surface area (Å²) >= 11 is 0. The molecule has 114 valence electrons. The Kier molecular flexibility index (Phi) is 6.19. The van der Waals surface area contributed by atoms with Gasteiger partial charge in [0.05, 0.1) is 12.4 Å². The Morgan fingerprint density at radius 3 is 2.26 bits per heavy atom. The Bertz CT molecular complexity index is 362. The second kappa shape index (κ2) is 6.99. The Labute approximate surface area is 116 Å². The fourth-order valence-corrected chi connectivity index (χ4v) is 3.44. The molecule has 0 aromatic rings. The van der Waals surface area contributed by atoms with Crippen LogP contribution in [-0.2, 0) is 14.8 Å². The lowest BCUT2D eigenvalue weighted by Crippen LogP contribution is -2.58. The van der Waals surface area contributed by atoms with Crippen LogP contribution in [0.3, 0.4) is 0 Å². The summed E-state index contributed by atoms with van der Waals surface area (Å²) in [6.07, 6.45) is 0. The SMILES string of the molecule is CCOCCS(=O)(=O)N1CCN(C(C)(C)CN)CC1. The van der Waals surface area contributed by atoms with Crippen LogP contribution in [-0.4, -0.2) is 74.9 Å². The fraction of sp³-hybridized carbons (Fsp3) is 1.00. The number of rotatable bonds is 7. The molecule has 1 aliphatic rings. The third kappa shape index (κ3) is 4.68. The molecule has 1 fully saturated rings. The van der Waals surface area contributed by atoms with E-state index in [9.17, 15) is 8.42 Å². The van der Waals surface area contributed by atoms with Gasteiger partial charge >= 0.3 is 0 Å². The van der Waals surface area contributed by atoms with E-state index in [1.807, 2.05) is 6.92 Å². The molecule has 1 heterocycles. The highest BCUT2D eigenvalue weighted by molar-refractivity contribution is 7.89. The van der Waals surface area contributed by atoms with Crippen LogP contribution in [0, 0.1) is 0 Å². The predicted octanol–water partition coefficient (Wildman–Crippen LogP) is -0.292. The van der Waals surface area contributed by atoms with Crippen LogP contribution in [0.5, 0.6) is 0 Å². The second-order valence-electron chi connectivity index (χ2n) is 5.42. The summed E-state index contributed by atoms with van der Waals surface area (Å²) < 4.78 is 30.9. The van der Waals surface area contributed by atoms with E-state index in [1.54, 1.807) is 4.31 Å². The molecule has 0 amide bonds. The molecule has 0 spiro atoms. The van der Waals surface area contributed by atoms with Crippen molar-refractivity contribution in [1.82, 2.24) is 9.21 Å². The lowest BCUT2D eigenvalue weighted by atomic mass is 10.0. The average molecular weight is 293 g/mol. The first kappa shape index (κ1) is 16.8. The molecule has 0 atom stereocenters. The number of piperazine rings is 1. The first-order valence-corrected chi connectivity index (χ1v) is 8.45. The van der Waals surface area contributed by atoms with Gasteiger partial charge in [-0.15, -0.1) is 0 Å². The van der Waals surface area contributed by atoms with Gasteiger partial charge in [-0.2, -0.15) is 4.31 Å². The molecule has 0 radical (unpaired) electrons. The van der Waals surface area contributed by atoms with Gasteiger partial charge in [-0.05, 0) is 20.8 Å². The molecular formula is C12H27N3O3S. The maximum Gasteiger partial charge on any atom is 0.216 e.